The van der Waals surface area contributed by atoms with Crippen molar-refractivity contribution in [3.63, 3.8) is 0 Å². The summed E-state index contributed by atoms with van der Waals surface area (Å²) >= 11 is 0. The highest BCUT2D eigenvalue weighted by atomic mass is 16.6. The lowest BCUT2D eigenvalue weighted by atomic mass is 10.0. The molecule has 0 saturated carbocycles. The highest BCUT2D eigenvalue weighted by Gasteiger charge is 2.24. The van der Waals surface area contributed by atoms with Gasteiger partial charge in [0.1, 0.15) is 5.60 Å². The molecular weight excluding hydrogens is 340 g/mol. The molecule has 0 aliphatic carbocycles. The summed E-state index contributed by atoms with van der Waals surface area (Å²) in [6, 6.07) is 9.45. The highest BCUT2D eigenvalue weighted by molar-refractivity contribution is 5.68. The quantitative estimate of drug-likeness (QED) is 0.511. The molecule has 3 N–H and O–H groups in total. The van der Waals surface area contributed by atoms with Gasteiger partial charge in [-0.1, -0.05) is 57.0 Å². The first-order chi connectivity index (χ1) is 12.7. The third kappa shape index (κ3) is 11.7. The normalized spacial score (nSPS) is 14.0. The fourth-order valence-electron chi connectivity index (χ4n) is 2.81. The minimum absolute atomic E-state index is 0.412. The second-order valence-corrected chi connectivity index (χ2v) is 8.60. The van der Waals surface area contributed by atoms with E-state index in [2.05, 4.69) is 24.5 Å². The van der Waals surface area contributed by atoms with Crippen LogP contribution < -0.4 is 10.6 Å². The monoisotopic (exact) mass is 378 g/mol. The number of unbranched alkanes of at least 4 members (excludes halogenated alkanes) is 1. The summed E-state index contributed by atoms with van der Waals surface area (Å²) < 4.78 is 5.35. The van der Waals surface area contributed by atoms with Crippen molar-refractivity contribution in [2.24, 2.45) is 5.92 Å². The first-order valence-corrected chi connectivity index (χ1v) is 10.1. The lowest BCUT2D eigenvalue weighted by molar-refractivity contribution is 0.0422. The maximum absolute atomic E-state index is 12.2. The van der Waals surface area contributed by atoms with Gasteiger partial charge >= 0.3 is 6.09 Å². The van der Waals surface area contributed by atoms with E-state index < -0.39 is 23.8 Å². The Morgan fingerprint density at radius 2 is 1.81 bits per heavy atom. The predicted molar refractivity (Wildman–Crippen MR) is 111 cm³/mol. The van der Waals surface area contributed by atoms with Crippen LogP contribution in [-0.2, 0) is 11.2 Å². The molecule has 0 unspecified atom stereocenters. The lowest BCUT2D eigenvalue weighted by Crippen LogP contribution is -2.50. The van der Waals surface area contributed by atoms with Crippen LogP contribution in [0.3, 0.4) is 0 Å². The maximum Gasteiger partial charge on any atom is 0.407 e. The van der Waals surface area contributed by atoms with Gasteiger partial charge in [0.2, 0.25) is 0 Å². The molecule has 27 heavy (non-hydrogen) atoms. The van der Waals surface area contributed by atoms with Gasteiger partial charge in [0, 0.05) is 6.54 Å². The number of carbonyl (C=O) groups excluding carboxylic acids is 1. The van der Waals surface area contributed by atoms with E-state index in [-0.39, 0.29) is 0 Å². The van der Waals surface area contributed by atoms with Crippen LogP contribution in [0, 0.1) is 5.92 Å². The minimum atomic E-state index is -0.692. The van der Waals surface area contributed by atoms with Crippen molar-refractivity contribution in [3.8, 4) is 0 Å². The fourth-order valence-corrected chi connectivity index (χ4v) is 2.81. The van der Waals surface area contributed by atoms with Crippen LogP contribution in [0.5, 0.6) is 0 Å². The predicted octanol–water partition coefficient (Wildman–Crippen LogP) is 3.90. The van der Waals surface area contributed by atoms with E-state index >= 15 is 0 Å². The SMILES string of the molecule is CC(C)CCCCNC[C@@H](O)[C@H](Cc1ccccc1)NC(=O)OC(C)(C)C. The molecule has 0 heterocycles. The molecule has 0 aromatic heterocycles. The summed E-state index contributed by atoms with van der Waals surface area (Å²) in [5.41, 5.74) is 0.496. The van der Waals surface area contributed by atoms with E-state index in [0.29, 0.717) is 13.0 Å². The average Bonchev–Trinajstić information content (AvgIpc) is 2.56. The Hall–Kier alpha value is -1.59. The van der Waals surface area contributed by atoms with E-state index in [9.17, 15) is 9.90 Å². The van der Waals surface area contributed by atoms with Crippen molar-refractivity contribution in [1.29, 1.82) is 0 Å². The van der Waals surface area contributed by atoms with E-state index in [1.807, 2.05) is 51.1 Å². The van der Waals surface area contributed by atoms with Crippen LogP contribution in [-0.4, -0.2) is 42.0 Å². The molecule has 1 aromatic rings. The zero-order valence-corrected chi connectivity index (χ0v) is 17.6. The second-order valence-electron chi connectivity index (χ2n) is 8.60. The molecule has 1 rings (SSSR count). The Bertz CT molecular complexity index is 526. The Morgan fingerprint density at radius 1 is 1.15 bits per heavy atom. The molecule has 0 bridgehead atoms. The van der Waals surface area contributed by atoms with Crippen LogP contribution >= 0.6 is 0 Å². The van der Waals surface area contributed by atoms with Crippen molar-refractivity contribution < 1.29 is 14.6 Å². The molecule has 1 aromatic carbocycles. The van der Waals surface area contributed by atoms with Gasteiger partial charge in [-0.05, 0) is 51.6 Å². The largest absolute Gasteiger partial charge is 0.444 e. The van der Waals surface area contributed by atoms with E-state index in [4.69, 9.17) is 4.74 Å². The van der Waals surface area contributed by atoms with Crippen molar-refractivity contribution in [1.82, 2.24) is 10.6 Å². The van der Waals surface area contributed by atoms with Gasteiger partial charge in [0.05, 0.1) is 12.1 Å². The number of aliphatic hydroxyl groups is 1. The molecule has 0 saturated heterocycles. The van der Waals surface area contributed by atoms with Gasteiger partial charge in [-0.15, -0.1) is 0 Å². The minimum Gasteiger partial charge on any atom is -0.444 e. The number of rotatable bonds is 11. The maximum atomic E-state index is 12.2. The van der Waals surface area contributed by atoms with Crippen molar-refractivity contribution in [3.05, 3.63) is 35.9 Å². The second kappa shape index (κ2) is 12.0. The lowest BCUT2D eigenvalue weighted by Gasteiger charge is -2.27. The Morgan fingerprint density at radius 3 is 2.41 bits per heavy atom. The Kier molecular flexibility index (Phi) is 10.4. The van der Waals surface area contributed by atoms with Gasteiger partial charge in [0.15, 0.2) is 0 Å². The number of aliphatic hydroxyl groups excluding tert-OH is 1. The molecule has 5 heteroatoms. The molecule has 0 radical (unpaired) electrons. The number of nitrogens with one attached hydrogen (secondary N) is 2. The van der Waals surface area contributed by atoms with Crippen LogP contribution in [0.1, 0.15) is 59.4 Å². The number of hydrogen-bond donors (Lipinski definition) is 3. The van der Waals surface area contributed by atoms with Crippen molar-refractivity contribution >= 4 is 6.09 Å². The van der Waals surface area contributed by atoms with Gasteiger partial charge in [-0.3, -0.25) is 0 Å². The van der Waals surface area contributed by atoms with Crippen LogP contribution in [0.4, 0.5) is 4.79 Å². The highest BCUT2D eigenvalue weighted by Crippen LogP contribution is 2.10. The van der Waals surface area contributed by atoms with Crippen LogP contribution in [0.15, 0.2) is 30.3 Å². The Labute approximate surface area is 164 Å². The Balaban J connectivity index is 2.54. The third-order valence-corrected chi connectivity index (χ3v) is 4.20. The number of alkyl carbamates (subject to hydrolysis) is 1. The molecule has 1 amide bonds. The molecule has 0 aliphatic rings. The molecule has 154 valence electrons. The van der Waals surface area contributed by atoms with Crippen molar-refractivity contribution in [2.75, 3.05) is 13.1 Å². The number of ether oxygens (including phenoxy) is 1. The molecule has 2 atom stereocenters. The number of benzene rings is 1. The van der Waals surface area contributed by atoms with Gasteiger partial charge in [-0.25, -0.2) is 4.79 Å². The van der Waals surface area contributed by atoms with Crippen LogP contribution in [0.25, 0.3) is 0 Å². The standard InChI is InChI=1S/C22H38N2O3/c1-17(2)11-9-10-14-23-16-20(25)19(15-18-12-7-6-8-13-18)24-21(26)27-22(3,4)5/h6-8,12-13,17,19-20,23,25H,9-11,14-16H2,1-5H3,(H,24,26)/t19-,20+/m0/s1. The van der Waals surface area contributed by atoms with Crippen LogP contribution in [0.2, 0.25) is 0 Å². The third-order valence-electron chi connectivity index (χ3n) is 4.20. The fraction of sp³-hybridized carbons (Fsp3) is 0.682. The van der Waals surface area contributed by atoms with Gasteiger partial charge < -0.3 is 20.5 Å². The number of carbonyl (C=O) groups is 1. The summed E-state index contributed by atoms with van der Waals surface area (Å²) in [7, 11) is 0. The topological polar surface area (TPSA) is 70.6 Å². The summed E-state index contributed by atoms with van der Waals surface area (Å²) in [6.07, 6.45) is 2.86. The molecule has 0 fully saturated rings. The zero-order valence-electron chi connectivity index (χ0n) is 17.6. The average molecular weight is 379 g/mol. The number of hydrogen-bond acceptors (Lipinski definition) is 4. The van der Waals surface area contributed by atoms with E-state index in [1.165, 1.54) is 12.8 Å². The smallest absolute Gasteiger partial charge is 0.407 e. The first-order valence-electron chi connectivity index (χ1n) is 10.1. The summed E-state index contributed by atoms with van der Waals surface area (Å²) in [6.45, 7) is 11.3. The van der Waals surface area contributed by atoms with Gasteiger partial charge in [0.25, 0.3) is 0 Å². The van der Waals surface area contributed by atoms with Gasteiger partial charge in [-0.2, -0.15) is 0 Å². The molecular formula is C22H38N2O3. The van der Waals surface area contributed by atoms with E-state index in [0.717, 1.165) is 24.4 Å². The molecule has 0 spiro atoms. The summed E-state index contributed by atoms with van der Waals surface area (Å²) in [4.78, 5) is 12.2. The van der Waals surface area contributed by atoms with Crippen molar-refractivity contribution in [2.45, 2.75) is 78.0 Å². The summed E-state index contributed by atoms with van der Waals surface area (Å²) in [5.74, 6) is 0.726. The molecule has 5 nitrogen and oxygen atoms in total. The first kappa shape index (κ1) is 23.4. The van der Waals surface area contributed by atoms with E-state index in [1.54, 1.807) is 0 Å². The molecule has 0 aliphatic heterocycles. The zero-order chi connectivity index (χ0) is 20.3. The summed E-state index contributed by atoms with van der Waals surface area (Å²) in [5, 5.41) is 16.8. The number of amides is 1.